The number of aryl methyl sites for hydroxylation is 1. The quantitative estimate of drug-likeness (QED) is 0.571. The number of amides is 2. The molecule has 2 rings (SSSR count). The van der Waals surface area contributed by atoms with Crippen LogP contribution in [-0.2, 0) is 21.8 Å². The number of carbonyl (C=O) groups is 2. The van der Waals surface area contributed by atoms with Crippen molar-refractivity contribution >= 4 is 23.6 Å². The Bertz CT molecular complexity index is 793. The number of nitrogens with one attached hydrogen (secondary N) is 1. The Balaban J connectivity index is 1.99. The highest BCUT2D eigenvalue weighted by molar-refractivity contribution is 7.99. The van der Waals surface area contributed by atoms with Gasteiger partial charge in [0.05, 0.1) is 5.75 Å². The Morgan fingerprint density at radius 3 is 2.30 bits per heavy atom. The summed E-state index contributed by atoms with van der Waals surface area (Å²) in [5.41, 5.74) is 3.60. The molecule has 0 fully saturated rings. The van der Waals surface area contributed by atoms with Crippen LogP contribution in [0, 0.1) is 6.92 Å². The van der Waals surface area contributed by atoms with E-state index in [1.54, 1.807) is 16.7 Å². The van der Waals surface area contributed by atoms with Crippen molar-refractivity contribution in [2.45, 2.75) is 58.4 Å². The second-order valence-electron chi connectivity index (χ2n) is 7.79. The van der Waals surface area contributed by atoms with Gasteiger partial charge in [0.1, 0.15) is 6.04 Å². The summed E-state index contributed by atoms with van der Waals surface area (Å²) >= 11 is 1.59. The van der Waals surface area contributed by atoms with Crippen LogP contribution in [0.3, 0.4) is 0 Å². The van der Waals surface area contributed by atoms with E-state index in [4.69, 9.17) is 0 Å². The van der Waals surface area contributed by atoms with Gasteiger partial charge in [-0.15, -0.1) is 11.8 Å². The zero-order valence-corrected chi connectivity index (χ0v) is 19.4. The molecule has 0 spiro atoms. The van der Waals surface area contributed by atoms with Crippen molar-refractivity contribution in [3.63, 3.8) is 0 Å². The predicted molar refractivity (Wildman–Crippen MR) is 127 cm³/mol. The van der Waals surface area contributed by atoms with Crippen LogP contribution in [0.15, 0.2) is 54.6 Å². The van der Waals surface area contributed by atoms with E-state index in [0.29, 0.717) is 12.3 Å². The highest BCUT2D eigenvalue weighted by atomic mass is 32.2. The van der Waals surface area contributed by atoms with E-state index in [-0.39, 0.29) is 17.9 Å². The minimum Gasteiger partial charge on any atom is -0.352 e. The Morgan fingerprint density at radius 2 is 1.67 bits per heavy atom. The van der Waals surface area contributed by atoms with Gasteiger partial charge in [-0.1, -0.05) is 67.1 Å². The molecule has 0 radical (unpaired) electrons. The number of carbonyl (C=O) groups excluding carboxylic acids is 2. The summed E-state index contributed by atoms with van der Waals surface area (Å²) in [6, 6.07) is 18.1. The summed E-state index contributed by atoms with van der Waals surface area (Å²) in [6.07, 6.45) is 1.60. The average Bonchev–Trinajstić information content (AvgIpc) is 2.75. The number of nitrogens with zero attached hydrogens (tertiary/aromatic N) is 1. The molecular formula is C25H34N2O2S. The predicted octanol–water partition coefficient (Wildman–Crippen LogP) is 4.60. The molecule has 0 saturated carbocycles. The van der Waals surface area contributed by atoms with Gasteiger partial charge in [0.2, 0.25) is 11.8 Å². The van der Waals surface area contributed by atoms with Crippen LogP contribution in [0.2, 0.25) is 0 Å². The van der Waals surface area contributed by atoms with E-state index in [9.17, 15) is 9.59 Å². The maximum Gasteiger partial charge on any atom is 0.242 e. The van der Waals surface area contributed by atoms with E-state index in [0.717, 1.165) is 24.2 Å². The average molecular weight is 427 g/mol. The van der Waals surface area contributed by atoms with Gasteiger partial charge in [0.25, 0.3) is 0 Å². The molecule has 2 aromatic carbocycles. The van der Waals surface area contributed by atoms with E-state index >= 15 is 0 Å². The summed E-state index contributed by atoms with van der Waals surface area (Å²) in [6.45, 7) is 8.44. The Labute approximate surface area is 185 Å². The molecule has 4 nitrogen and oxygen atoms in total. The maximum absolute atomic E-state index is 13.0. The minimum absolute atomic E-state index is 0.00912. The van der Waals surface area contributed by atoms with Gasteiger partial charge in [-0.05, 0) is 44.7 Å². The molecule has 2 atom stereocenters. The molecule has 0 heterocycles. The van der Waals surface area contributed by atoms with Crippen molar-refractivity contribution in [3.8, 4) is 0 Å². The van der Waals surface area contributed by atoms with Gasteiger partial charge < -0.3 is 10.2 Å². The molecule has 0 aromatic heterocycles. The molecule has 0 saturated heterocycles. The molecule has 0 unspecified atom stereocenters. The zero-order chi connectivity index (χ0) is 21.9. The lowest BCUT2D eigenvalue weighted by Crippen LogP contribution is -2.51. The molecule has 162 valence electrons. The van der Waals surface area contributed by atoms with Crippen LogP contribution < -0.4 is 5.32 Å². The van der Waals surface area contributed by atoms with Crippen LogP contribution in [-0.4, -0.2) is 41.1 Å². The number of hydrogen-bond acceptors (Lipinski definition) is 3. The van der Waals surface area contributed by atoms with Crippen molar-refractivity contribution in [1.82, 2.24) is 10.2 Å². The third-order valence-electron chi connectivity index (χ3n) is 5.27. The minimum atomic E-state index is -0.491. The zero-order valence-electron chi connectivity index (χ0n) is 18.6. The van der Waals surface area contributed by atoms with Gasteiger partial charge in [-0.25, -0.2) is 0 Å². The monoisotopic (exact) mass is 426 g/mol. The number of rotatable bonds is 11. The summed E-state index contributed by atoms with van der Waals surface area (Å²) in [7, 11) is 0. The second-order valence-corrected chi connectivity index (χ2v) is 8.78. The second kappa shape index (κ2) is 12.4. The van der Waals surface area contributed by atoms with E-state index in [1.165, 1.54) is 11.1 Å². The van der Waals surface area contributed by atoms with Crippen LogP contribution in [0.4, 0.5) is 0 Å². The highest BCUT2D eigenvalue weighted by Crippen LogP contribution is 2.15. The normalized spacial score (nSPS) is 12.8. The molecule has 5 heteroatoms. The van der Waals surface area contributed by atoms with Gasteiger partial charge in [0, 0.05) is 18.3 Å². The lowest BCUT2D eigenvalue weighted by molar-refractivity contribution is -0.138. The van der Waals surface area contributed by atoms with Crippen LogP contribution in [0.5, 0.6) is 0 Å². The van der Waals surface area contributed by atoms with Crippen LogP contribution in [0.1, 0.15) is 43.9 Å². The molecule has 2 aromatic rings. The molecule has 0 aliphatic heterocycles. The standard InChI is InChI=1S/C25H34N2O2S/c1-5-20(3)26-25(29)21(4)27(16-15-22-9-7-6-8-10-22)24(28)18-30-17-23-13-11-19(2)12-14-23/h6-14,20-21H,5,15-18H2,1-4H3,(H,26,29)/t20-,21-/m0/s1. The summed E-state index contributed by atoms with van der Waals surface area (Å²) in [4.78, 5) is 27.4. The SMILES string of the molecule is CC[C@H](C)NC(=O)[C@H](C)N(CCc1ccccc1)C(=O)CSCc1ccc(C)cc1. The Morgan fingerprint density at radius 1 is 1.00 bits per heavy atom. The number of thioether (sulfide) groups is 1. The summed E-state index contributed by atoms with van der Waals surface area (Å²) < 4.78 is 0. The fourth-order valence-electron chi connectivity index (χ4n) is 3.06. The lowest BCUT2D eigenvalue weighted by atomic mass is 10.1. The van der Waals surface area contributed by atoms with Gasteiger partial charge >= 0.3 is 0 Å². The molecule has 0 bridgehead atoms. The van der Waals surface area contributed by atoms with Gasteiger partial charge in [-0.2, -0.15) is 0 Å². The van der Waals surface area contributed by atoms with E-state index in [1.807, 2.05) is 39.0 Å². The highest BCUT2D eigenvalue weighted by Gasteiger charge is 2.26. The first-order valence-corrected chi connectivity index (χ1v) is 11.8. The van der Waals surface area contributed by atoms with Gasteiger partial charge in [0.15, 0.2) is 0 Å². The van der Waals surface area contributed by atoms with Crippen molar-refractivity contribution < 1.29 is 9.59 Å². The third-order valence-corrected chi connectivity index (χ3v) is 6.26. The van der Waals surface area contributed by atoms with Crippen molar-refractivity contribution in [2.75, 3.05) is 12.3 Å². The summed E-state index contributed by atoms with van der Waals surface area (Å²) in [5.74, 6) is 1.07. The largest absolute Gasteiger partial charge is 0.352 e. The van der Waals surface area contributed by atoms with Crippen LogP contribution in [0.25, 0.3) is 0 Å². The molecule has 2 amide bonds. The van der Waals surface area contributed by atoms with E-state index in [2.05, 4.69) is 48.6 Å². The van der Waals surface area contributed by atoms with Crippen molar-refractivity contribution in [2.24, 2.45) is 0 Å². The topological polar surface area (TPSA) is 49.4 Å². The lowest BCUT2D eigenvalue weighted by Gasteiger charge is -2.29. The van der Waals surface area contributed by atoms with Crippen molar-refractivity contribution in [1.29, 1.82) is 0 Å². The van der Waals surface area contributed by atoms with Gasteiger partial charge in [-0.3, -0.25) is 9.59 Å². The Hall–Kier alpha value is -2.27. The molecule has 0 aliphatic rings. The smallest absolute Gasteiger partial charge is 0.242 e. The molecule has 30 heavy (non-hydrogen) atoms. The Kier molecular flexibility index (Phi) is 9.95. The van der Waals surface area contributed by atoms with Crippen LogP contribution >= 0.6 is 11.8 Å². The fourth-order valence-corrected chi connectivity index (χ4v) is 3.93. The number of benzene rings is 2. The maximum atomic E-state index is 13.0. The van der Waals surface area contributed by atoms with E-state index < -0.39 is 6.04 Å². The van der Waals surface area contributed by atoms with Crippen molar-refractivity contribution in [3.05, 3.63) is 71.3 Å². The third kappa shape index (κ3) is 7.86. The first-order valence-electron chi connectivity index (χ1n) is 10.7. The summed E-state index contributed by atoms with van der Waals surface area (Å²) in [5, 5.41) is 3.01. The number of hydrogen-bond donors (Lipinski definition) is 1. The molecule has 1 N–H and O–H groups in total. The molecular weight excluding hydrogens is 392 g/mol. The fraction of sp³-hybridized carbons (Fsp3) is 0.440. The first kappa shape index (κ1) is 24.0. The molecule has 0 aliphatic carbocycles. The first-order chi connectivity index (χ1) is 14.4.